The smallest absolute Gasteiger partial charge is 0.407 e. The first-order valence-electron chi connectivity index (χ1n) is 19.9. The van der Waals surface area contributed by atoms with Gasteiger partial charge in [-0.2, -0.15) is 14.0 Å². The molecule has 3 fully saturated rings. The van der Waals surface area contributed by atoms with Crippen molar-refractivity contribution in [2.45, 2.75) is 83.5 Å². The van der Waals surface area contributed by atoms with Gasteiger partial charge in [0.2, 0.25) is 11.8 Å². The number of carbonyl (C=O) groups is 4. The summed E-state index contributed by atoms with van der Waals surface area (Å²) in [7, 11) is 2.45. The van der Waals surface area contributed by atoms with Gasteiger partial charge in [-0.25, -0.2) is 19.6 Å². The Labute approximate surface area is 339 Å². The molecule has 4 N–H and O–H groups in total. The number of ether oxygens (including phenoxy) is 2. The van der Waals surface area contributed by atoms with Gasteiger partial charge in [-0.1, -0.05) is 45.9 Å². The van der Waals surface area contributed by atoms with Crippen molar-refractivity contribution in [1.82, 2.24) is 40.4 Å². The lowest BCUT2D eigenvalue weighted by Gasteiger charge is -2.30. The van der Waals surface area contributed by atoms with E-state index in [1.165, 1.54) is 31.4 Å². The molecule has 5 atom stereocenters. The number of hydrogen-bond donors (Lipinski definition) is 4. The number of aromatic nitrogens is 4. The zero-order valence-corrected chi connectivity index (χ0v) is 33.7. The largest absolute Gasteiger partial charge is 0.453 e. The quantitative estimate of drug-likeness (QED) is 0.150. The van der Waals surface area contributed by atoms with Gasteiger partial charge in [0, 0.05) is 24.2 Å². The van der Waals surface area contributed by atoms with Gasteiger partial charge in [0.1, 0.15) is 23.7 Å². The van der Waals surface area contributed by atoms with E-state index in [1.54, 1.807) is 43.0 Å². The van der Waals surface area contributed by atoms with Crippen LogP contribution in [-0.2, 0) is 25.0 Å². The van der Waals surface area contributed by atoms with Crippen LogP contribution >= 0.6 is 0 Å². The molecule has 1 saturated carbocycles. The SMILES string of the molecule is COC(=O)N[C@H](C(=O)N1C[C@@H](C#N)C[C@H]1c1ncc(-c2ccc3c(c2)C(F)(F)c2c-3ccc3nc([C@@H]4CC5(CC5)CN4C(=O)[C@@H](NC(=O)OC)C(C)C)[nH]c23)[nH]1)C(C)C. The Morgan fingerprint density at radius 2 is 1.54 bits per heavy atom. The summed E-state index contributed by atoms with van der Waals surface area (Å²) >= 11 is 0. The van der Waals surface area contributed by atoms with Crippen LogP contribution in [0.25, 0.3) is 33.4 Å². The highest BCUT2D eigenvalue weighted by molar-refractivity contribution is 5.94. The number of rotatable bonds is 9. The Kier molecular flexibility index (Phi) is 9.87. The van der Waals surface area contributed by atoms with Gasteiger partial charge in [0.15, 0.2) is 0 Å². The number of amides is 4. The molecule has 4 aliphatic rings. The average molecular weight is 812 g/mol. The van der Waals surface area contributed by atoms with Gasteiger partial charge < -0.3 is 39.9 Å². The maximum absolute atomic E-state index is 16.9. The summed E-state index contributed by atoms with van der Waals surface area (Å²) in [6, 6.07) is 7.58. The zero-order valence-electron chi connectivity index (χ0n) is 33.7. The molecule has 2 aliphatic carbocycles. The molecule has 310 valence electrons. The number of likely N-dealkylation sites (tertiary alicyclic amines) is 2. The van der Waals surface area contributed by atoms with Gasteiger partial charge in [0.05, 0.1) is 66.8 Å². The minimum Gasteiger partial charge on any atom is -0.453 e. The molecular formula is C42H47F2N9O6. The number of alkyl halides is 2. The average Bonchev–Trinajstić information content (AvgIpc) is 3.74. The molecule has 1 spiro atoms. The zero-order chi connectivity index (χ0) is 42.1. The molecule has 2 aromatic heterocycles. The van der Waals surface area contributed by atoms with Gasteiger partial charge >= 0.3 is 18.1 Å². The molecule has 17 heteroatoms. The predicted octanol–water partition coefficient (Wildman–Crippen LogP) is 6.30. The topological polar surface area (TPSA) is 198 Å². The number of alkyl carbamates (subject to hydrolysis) is 2. The lowest BCUT2D eigenvalue weighted by atomic mass is 10.0. The van der Waals surface area contributed by atoms with Gasteiger partial charge in [-0.3, -0.25) is 9.59 Å². The standard InChI is InChI=1S/C42H47F2N9O6/c1-20(2)32(50-39(56)58-5)37(54)52-18-22(16-45)13-29(52)35-46-17-28(48-35)23-7-8-24-25-9-10-27-34(31(25)42(43,44)26(24)14-23)49-36(47-27)30-15-41(11-12-41)19-53(30)38(55)33(21(3)4)51-40(57)59-6/h7-10,14,17,20-22,29-30,32-33H,11-13,15,18-19H2,1-6H3,(H,46,48)(H,47,49)(H,50,56)(H,51,57)/t22-,29+,30+,32+,33+/m1/s1. The van der Waals surface area contributed by atoms with E-state index in [-0.39, 0.29) is 52.3 Å². The van der Waals surface area contributed by atoms with Crippen LogP contribution in [-0.4, -0.2) is 93.1 Å². The third-order valence-electron chi connectivity index (χ3n) is 12.5. The Balaban J connectivity index is 1.08. The first kappa shape index (κ1) is 39.8. The normalized spacial score (nSPS) is 21.9. The summed E-state index contributed by atoms with van der Waals surface area (Å²) < 4.78 is 43.2. The number of fused-ring (bicyclic) bond motifs is 5. The van der Waals surface area contributed by atoms with Crippen LogP contribution in [0.4, 0.5) is 18.4 Å². The highest BCUT2D eigenvalue weighted by atomic mass is 19.3. The molecule has 59 heavy (non-hydrogen) atoms. The van der Waals surface area contributed by atoms with Crippen LogP contribution in [0.1, 0.15) is 88.2 Å². The molecule has 4 heterocycles. The summed E-state index contributed by atoms with van der Waals surface area (Å²) in [5.74, 6) is -4.26. The number of H-pyrrole nitrogens is 2. The lowest BCUT2D eigenvalue weighted by Crippen LogP contribution is -2.51. The number of imidazole rings is 2. The first-order chi connectivity index (χ1) is 28.1. The molecule has 4 amide bonds. The Bertz CT molecular complexity index is 2400. The molecule has 2 aliphatic heterocycles. The molecular weight excluding hydrogens is 765 g/mol. The third kappa shape index (κ3) is 6.81. The summed E-state index contributed by atoms with van der Waals surface area (Å²) in [4.78, 5) is 71.1. The van der Waals surface area contributed by atoms with E-state index in [9.17, 15) is 24.4 Å². The second kappa shape index (κ2) is 14.6. The summed E-state index contributed by atoms with van der Waals surface area (Å²) in [5, 5.41) is 15.1. The fraction of sp³-hybridized carbons (Fsp3) is 0.500. The number of methoxy groups -OCH3 is 2. The van der Waals surface area contributed by atoms with Crippen molar-refractivity contribution in [3.8, 4) is 28.5 Å². The van der Waals surface area contributed by atoms with Crippen LogP contribution in [0.2, 0.25) is 0 Å². The van der Waals surface area contributed by atoms with Gasteiger partial charge in [0.25, 0.3) is 0 Å². The number of aromatic amines is 2. The predicted molar refractivity (Wildman–Crippen MR) is 209 cm³/mol. The summed E-state index contributed by atoms with van der Waals surface area (Å²) in [6.07, 6.45) is 2.88. The minimum absolute atomic E-state index is 0.0711. The Hall–Kier alpha value is -6.05. The highest BCUT2D eigenvalue weighted by Crippen LogP contribution is 2.59. The van der Waals surface area contributed by atoms with Gasteiger partial charge in [-0.05, 0) is 66.2 Å². The second-order valence-electron chi connectivity index (χ2n) is 17.0. The van der Waals surface area contributed by atoms with Crippen molar-refractivity contribution in [3.63, 3.8) is 0 Å². The number of nitrogens with one attached hydrogen (secondary N) is 4. The van der Waals surface area contributed by atoms with Crippen LogP contribution in [0.5, 0.6) is 0 Å². The van der Waals surface area contributed by atoms with E-state index in [4.69, 9.17) is 14.5 Å². The van der Waals surface area contributed by atoms with Crippen molar-refractivity contribution in [1.29, 1.82) is 5.26 Å². The number of halogens is 2. The molecule has 0 bridgehead atoms. The van der Waals surface area contributed by atoms with Crippen LogP contribution < -0.4 is 10.6 Å². The van der Waals surface area contributed by atoms with Crippen molar-refractivity contribution in [2.75, 3.05) is 27.3 Å². The number of nitriles is 1. The van der Waals surface area contributed by atoms with Crippen molar-refractivity contribution >= 4 is 35.0 Å². The maximum Gasteiger partial charge on any atom is 0.407 e. The molecule has 8 rings (SSSR count). The van der Waals surface area contributed by atoms with Crippen LogP contribution in [0.3, 0.4) is 0 Å². The second-order valence-corrected chi connectivity index (χ2v) is 17.0. The van der Waals surface area contributed by atoms with E-state index < -0.39 is 48.2 Å². The number of benzene rings is 2. The molecule has 4 aromatic rings. The van der Waals surface area contributed by atoms with Gasteiger partial charge in [-0.15, -0.1) is 0 Å². The fourth-order valence-corrected chi connectivity index (χ4v) is 9.06. The molecule has 2 saturated heterocycles. The lowest BCUT2D eigenvalue weighted by molar-refractivity contribution is -0.136. The minimum atomic E-state index is -3.42. The molecule has 0 radical (unpaired) electrons. The van der Waals surface area contributed by atoms with E-state index in [2.05, 4.69) is 31.7 Å². The fourth-order valence-electron chi connectivity index (χ4n) is 9.06. The maximum atomic E-state index is 16.9. The van der Waals surface area contributed by atoms with E-state index in [0.29, 0.717) is 58.9 Å². The van der Waals surface area contributed by atoms with E-state index in [1.807, 2.05) is 13.8 Å². The number of carbonyl (C=O) groups excluding carboxylic acids is 4. The number of hydrogen-bond acceptors (Lipinski definition) is 9. The summed E-state index contributed by atoms with van der Waals surface area (Å²) in [5.41, 5.74) is 1.73. The van der Waals surface area contributed by atoms with Crippen LogP contribution in [0.15, 0.2) is 36.5 Å². The molecule has 2 aromatic carbocycles. The van der Waals surface area contributed by atoms with E-state index >= 15 is 8.78 Å². The van der Waals surface area contributed by atoms with Crippen LogP contribution in [0, 0.1) is 34.5 Å². The van der Waals surface area contributed by atoms with E-state index in [0.717, 1.165) is 12.8 Å². The molecule has 0 unspecified atom stereocenters. The monoisotopic (exact) mass is 811 g/mol. The van der Waals surface area contributed by atoms with Crippen molar-refractivity contribution in [3.05, 3.63) is 59.3 Å². The third-order valence-corrected chi connectivity index (χ3v) is 12.5. The Morgan fingerprint density at radius 1 is 0.898 bits per heavy atom. The molecule has 15 nitrogen and oxygen atoms in total. The van der Waals surface area contributed by atoms with Crippen molar-refractivity contribution < 1.29 is 37.4 Å². The first-order valence-corrected chi connectivity index (χ1v) is 19.9. The summed E-state index contributed by atoms with van der Waals surface area (Å²) in [6.45, 7) is 7.88. The highest BCUT2D eigenvalue weighted by Gasteiger charge is 2.56. The Morgan fingerprint density at radius 3 is 2.15 bits per heavy atom. The number of nitrogens with zero attached hydrogens (tertiary/aromatic N) is 5. The van der Waals surface area contributed by atoms with Crippen molar-refractivity contribution in [2.24, 2.45) is 23.2 Å².